The Labute approximate surface area is 193 Å². The first-order valence-corrected chi connectivity index (χ1v) is 11.2. The number of piperidine rings is 1. The number of carbonyl (C=O) groups excluding carboxylic acids is 1. The van der Waals surface area contributed by atoms with Crippen LogP contribution in [0, 0.1) is 0 Å². The molecule has 0 spiro atoms. The second kappa shape index (κ2) is 11.0. The third kappa shape index (κ3) is 6.09. The third-order valence-electron chi connectivity index (χ3n) is 4.80. The van der Waals surface area contributed by atoms with Crippen LogP contribution in [0.1, 0.15) is 11.1 Å². The van der Waals surface area contributed by atoms with Gasteiger partial charge in [0.05, 0.1) is 14.2 Å². The Bertz CT molecular complexity index is 939. The number of benzene rings is 2. The lowest BCUT2D eigenvalue weighted by molar-refractivity contribution is -0.113. The topological polar surface area (TPSA) is 38.8 Å². The molecular formula is C25H25NO3S2. The summed E-state index contributed by atoms with van der Waals surface area (Å²) in [6.45, 7) is 4.72. The molecule has 0 bridgehead atoms. The number of thiocarbonyl (C=S) groups is 1. The molecule has 2 aromatic rings. The fourth-order valence-electron chi connectivity index (χ4n) is 3.19. The molecule has 2 aromatic carbocycles. The summed E-state index contributed by atoms with van der Waals surface area (Å²) in [6.07, 6.45) is 5.68. The van der Waals surface area contributed by atoms with E-state index < -0.39 is 0 Å². The molecule has 3 rings (SSSR count). The minimum atomic E-state index is 0.0411. The lowest BCUT2D eigenvalue weighted by Crippen LogP contribution is -2.39. The van der Waals surface area contributed by atoms with Gasteiger partial charge in [-0.15, -0.1) is 6.58 Å². The summed E-state index contributed by atoms with van der Waals surface area (Å²) in [6, 6.07) is 15.3. The van der Waals surface area contributed by atoms with Crippen LogP contribution in [0.5, 0.6) is 11.5 Å². The van der Waals surface area contributed by atoms with E-state index in [0.29, 0.717) is 24.2 Å². The molecule has 0 unspecified atom stereocenters. The van der Waals surface area contributed by atoms with E-state index >= 15 is 0 Å². The zero-order valence-electron chi connectivity index (χ0n) is 17.7. The summed E-state index contributed by atoms with van der Waals surface area (Å²) in [5.41, 5.74) is 3.30. The summed E-state index contributed by atoms with van der Waals surface area (Å²) < 4.78 is 11.2. The van der Waals surface area contributed by atoms with Crippen molar-refractivity contribution in [3.8, 4) is 11.5 Å². The van der Waals surface area contributed by atoms with Gasteiger partial charge >= 0.3 is 0 Å². The van der Waals surface area contributed by atoms with Crippen LogP contribution < -0.4 is 9.47 Å². The Morgan fingerprint density at radius 1 is 0.968 bits per heavy atom. The highest BCUT2D eigenvalue weighted by Crippen LogP contribution is 2.26. The average Bonchev–Trinajstić information content (AvgIpc) is 2.80. The van der Waals surface area contributed by atoms with Gasteiger partial charge in [-0.1, -0.05) is 54.3 Å². The minimum absolute atomic E-state index is 0.0411. The Hall–Kier alpha value is -2.83. The normalized spacial score (nSPS) is 16.5. The zero-order valence-corrected chi connectivity index (χ0v) is 19.3. The van der Waals surface area contributed by atoms with Crippen LogP contribution in [-0.4, -0.2) is 48.1 Å². The van der Waals surface area contributed by atoms with Crippen molar-refractivity contribution < 1.29 is 14.3 Å². The molecule has 0 aliphatic carbocycles. The number of methoxy groups -OCH3 is 2. The van der Waals surface area contributed by atoms with Gasteiger partial charge in [0, 0.05) is 30.0 Å². The van der Waals surface area contributed by atoms with Crippen LogP contribution >= 0.6 is 24.0 Å². The second-order valence-corrected chi connectivity index (χ2v) is 8.59. The van der Waals surface area contributed by atoms with Crippen molar-refractivity contribution >= 4 is 46.2 Å². The molecule has 1 fully saturated rings. The Balaban J connectivity index is 1.93. The highest BCUT2D eigenvalue weighted by molar-refractivity contribution is 8.23. The molecular weight excluding hydrogens is 426 g/mol. The molecule has 0 atom stereocenters. The number of likely N-dealkylation sites (tertiary alicyclic amines) is 1. The Morgan fingerprint density at radius 3 is 1.81 bits per heavy atom. The number of ketones is 1. The molecule has 0 aromatic heterocycles. The van der Waals surface area contributed by atoms with Gasteiger partial charge in [-0.25, -0.2) is 0 Å². The lowest BCUT2D eigenvalue weighted by Gasteiger charge is -2.31. The maximum absolute atomic E-state index is 13.3. The number of Topliss-reactive ketones (excluding diaryl/α,β-unsaturated/α-hetero) is 1. The first-order valence-electron chi connectivity index (χ1n) is 9.80. The van der Waals surface area contributed by atoms with Gasteiger partial charge < -0.3 is 14.4 Å². The largest absolute Gasteiger partial charge is 0.497 e. The van der Waals surface area contributed by atoms with Crippen LogP contribution in [0.2, 0.25) is 0 Å². The van der Waals surface area contributed by atoms with Gasteiger partial charge in [-0.2, -0.15) is 0 Å². The van der Waals surface area contributed by atoms with Crippen molar-refractivity contribution in [1.82, 2.24) is 4.90 Å². The first kappa shape index (κ1) is 22.8. The summed E-state index contributed by atoms with van der Waals surface area (Å²) in [5.74, 6) is 2.33. The van der Waals surface area contributed by atoms with E-state index in [0.717, 1.165) is 32.7 Å². The lowest BCUT2D eigenvalue weighted by atomic mass is 9.94. The van der Waals surface area contributed by atoms with Crippen molar-refractivity contribution in [3.05, 3.63) is 83.5 Å². The molecule has 1 aliphatic heterocycles. The number of carbonyl (C=O) groups is 1. The van der Waals surface area contributed by atoms with Gasteiger partial charge in [0.2, 0.25) is 0 Å². The van der Waals surface area contributed by atoms with Crippen LogP contribution in [0.15, 0.2) is 72.3 Å². The molecule has 160 valence electrons. The SMILES string of the molecule is C=CCSC(=S)N1C/C(=C\c2ccc(OC)cc2)C(=O)/C(=C/c2ccc(OC)cc2)C1. The predicted octanol–water partition coefficient (Wildman–Crippen LogP) is 5.26. The average molecular weight is 452 g/mol. The molecule has 1 saturated heterocycles. The molecule has 31 heavy (non-hydrogen) atoms. The summed E-state index contributed by atoms with van der Waals surface area (Å²) in [5, 5.41) is 0. The van der Waals surface area contributed by atoms with Gasteiger partial charge in [-0.3, -0.25) is 4.79 Å². The molecule has 0 saturated carbocycles. The van der Waals surface area contributed by atoms with Gasteiger partial charge in [-0.05, 0) is 47.5 Å². The molecule has 0 N–H and O–H groups in total. The number of hydrogen-bond acceptors (Lipinski definition) is 5. The maximum Gasteiger partial charge on any atom is 0.188 e. The van der Waals surface area contributed by atoms with Crippen molar-refractivity contribution in [2.45, 2.75) is 0 Å². The second-order valence-electron chi connectivity index (χ2n) is 6.94. The number of nitrogens with zero attached hydrogens (tertiary/aromatic N) is 1. The van der Waals surface area contributed by atoms with Crippen LogP contribution in [0.3, 0.4) is 0 Å². The van der Waals surface area contributed by atoms with Gasteiger partial charge in [0.25, 0.3) is 0 Å². The molecule has 6 heteroatoms. The number of ether oxygens (including phenoxy) is 2. The van der Waals surface area contributed by atoms with E-state index in [9.17, 15) is 4.79 Å². The molecule has 0 radical (unpaired) electrons. The summed E-state index contributed by atoms with van der Waals surface area (Å²) >= 11 is 7.17. The smallest absolute Gasteiger partial charge is 0.188 e. The van der Waals surface area contributed by atoms with E-state index in [-0.39, 0.29) is 5.78 Å². The molecule has 0 amide bonds. The first-order chi connectivity index (χ1) is 15.0. The van der Waals surface area contributed by atoms with Crippen molar-refractivity contribution in [2.24, 2.45) is 0 Å². The molecule has 4 nitrogen and oxygen atoms in total. The fraction of sp³-hybridized carbons (Fsp3) is 0.200. The van der Waals surface area contributed by atoms with Gasteiger partial charge in [0.15, 0.2) is 5.78 Å². The molecule has 1 heterocycles. The summed E-state index contributed by atoms with van der Waals surface area (Å²) in [4.78, 5) is 15.3. The number of thioether (sulfide) groups is 1. The fourth-order valence-corrected chi connectivity index (χ4v) is 4.10. The highest BCUT2D eigenvalue weighted by Gasteiger charge is 2.27. The van der Waals surface area contributed by atoms with Crippen LogP contribution in [-0.2, 0) is 4.79 Å². The molecule has 1 aliphatic rings. The van der Waals surface area contributed by atoms with Crippen LogP contribution in [0.4, 0.5) is 0 Å². The summed E-state index contributed by atoms with van der Waals surface area (Å²) in [7, 11) is 3.27. The third-order valence-corrected chi connectivity index (χ3v) is 6.32. The standard InChI is InChI=1S/C25H25NO3S2/c1-4-13-31-25(30)26-16-20(14-18-5-9-22(28-2)10-6-18)24(27)21(17-26)15-19-7-11-23(29-3)12-8-19/h4-12,14-15H,1,13,16-17H2,2-3H3/b20-14+,21-15+. The quantitative estimate of drug-likeness (QED) is 0.339. The van der Waals surface area contributed by atoms with Crippen LogP contribution in [0.25, 0.3) is 12.2 Å². The maximum atomic E-state index is 13.3. The Morgan fingerprint density at radius 2 is 1.42 bits per heavy atom. The predicted molar refractivity (Wildman–Crippen MR) is 134 cm³/mol. The van der Waals surface area contributed by atoms with E-state index in [4.69, 9.17) is 21.7 Å². The van der Waals surface area contributed by atoms with Crippen molar-refractivity contribution in [2.75, 3.05) is 33.1 Å². The highest BCUT2D eigenvalue weighted by atomic mass is 32.2. The van der Waals surface area contributed by atoms with E-state index in [1.807, 2.05) is 66.8 Å². The van der Waals surface area contributed by atoms with E-state index in [2.05, 4.69) is 11.5 Å². The number of hydrogen-bond donors (Lipinski definition) is 0. The van der Waals surface area contributed by atoms with E-state index in [1.54, 1.807) is 26.0 Å². The van der Waals surface area contributed by atoms with Crippen molar-refractivity contribution in [3.63, 3.8) is 0 Å². The zero-order chi connectivity index (χ0) is 22.2. The minimum Gasteiger partial charge on any atom is -0.497 e. The monoisotopic (exact) mass is 451 g/mol. The van der Waals surface area contributed by atoms with Crippen molar-refractivity contribution in [1.29, 1.82) is 0 Å². The number of rotatable bonds is 6. The van der Waals surface area contributed by atoms with E-state index in [1.165, 1.54) is 0 Å². The Kier molecular flexibility index (Phi) is 8.09. The van der Waals surface area contributed by atoms with Gasteiger partial charge in [0.1, 0.15) is 15.8 Å².